The van der Waals surface area contributed by atoms with Crippen molar-refractivity contribution in [3.63, 3.8) is 0 Å². The molecule has 8 aromatic rings. The minimum atomic E-state index is -0.190. The van der Waals surface area contributed by atoms with Crippen LogP contribution in [-0.2, 0) is 5.41 Å². The van der Waals surface area contributed by atoms with Gasteiger partial charge in [-0.1, -0.05) is 86.6 Å². The predicted molar refractivity (Wildman–Crippen MR) is 173 cm³/mol. The van der Waals surface area contributed by atoms with E-state index in [1.807, 2.05) is 18.2 Å². The number of anilines is 3. The van der Waals surface area contributed by atoms with Crippen molar-refractivity contribution in [2.75, 3.05) is 4.90 Å². The molecule has 0 N–H and O–H groups in total. The van der Waals surface area contributed by atoms with Crippen LogP contribution in [0.4, 0.5) is 17.1 Å². The lowest BCUT2D eigenvalue weighted by atomic mass is 9.82. The third-order valence-corrected chi connectivity index (χ3v) is 9.05. The highest BCUT2D eigenvalue weighted by Crippen LogP contribution is 2.56. The second-order valence-electron chi connectivity index (χ2n) is 11.7. The van der Waals surface area contributed by atoms with Gasteiger partial charge >= 0.3 is 0 Å². The van der Waals surface area contributed by atoms with Crippen LogP contribution in [0.15, 0.2) is 136 Å². The smallest absolute Gasteiger partial charge is 0.137 e. The third kappa shape index (κ3) is 3.11. The summed E-state index contributed by atoms with van der Waals surface area (Å²) in [4.78, 5) is 2.41. The highest BCUT2D eigenvalue weighted by molar-refractivity contribution is 6.14. The Bertz CT molecular complexity index is 2340. The first kappa shape index (κ1) is 23.4. The number of para-hydroxylation sites is 3. The first-order valence-electron chi connectivity index (χ1n) is 14.4. The molecule has 0 aliphatic heterocycles. The lowest BCUT2D eigenvalue weighted by Crippen LogP contribution is -2.16. The number of hydrogen-bond acceptors (Lipinski definition) is 3. The van der Waals surface area contributed by atoms with Gasteiger partial charge in [0, 0.05) is 32.8 Å². The van der Waals surface area contributed by atoms with E-state index < -0.39 is 0 Å². The molecule has 0 amide bonds. The molecule has 0 saturated carbocycles. The largest absolute Gasteiger partial charge is 0.456 e. The summed E-state index contributed by atoms with van der Waals surface area (Å²) in [7, 11) is 0. The van der Waals surface area contributed by atoms with Gasteiger partial charge in [0.1, 0.15) is 22.3 Å². The van der Waals surface area contributed by atoms with Gasteiger partial charge in [0.15, 0.2) is 0 Å². The van der Waals surface area contributed by atoms with Crippen LogP contribution in [0.5, 0.6) is 0 Å². The molecule has 2 aromatic heterocycles. The zero-order valence-electron chi connectivity index (χ0n) is 23.4. The Morgan fingerprint density at radius 1 is 0.500 bits per heavy atom. The molecule has 200 valence electrons. The van der Waals surface area contributed by atoms with E-state index in [1.54, 1.807) is 0 Å². The molecule has 6 aromatic carbocycles. The lowest BCUT2D eigenvalue weighted by Gasteiger charge is -2.29. The Kier molecular flexibility index (Phi) is 4.67. The summed E-state index contributed by atoms with van der Waals surface area (Å²) in [5.74, 6) is 0. The first-order valence-corrected chi connectivity index (χ1v) is 14.4. The molecule has 0 spiro atoms. The van der Waals surface area contributed by atoms with Crippen LogP contribution in [0.25, 0.3) is 55.0 Å². The Morgan fingerprint density at radius 2 is 1.14 bits per heavy atom. The Morgan fingerprint density at radius 3 is 1.98 bits per heavy atom. The van der Waals surface area contributed by atoms with Crippen LogP contribution in [-0.4, -0.2) is 0 Å². The molecule has 1 aliphatic rings. The van der Waals surface area contributed by atoms with Crippen molar-refractivity contribution in [1.82, 2.24) is 0 Å². The Labute approximate surface area is 243 Å². The Hall–Kier alpha value is -5.28. The van der Waals surface area contributed by atoms with E-state index >= 15 is 0 Å². The van der Waals surface area contributed by atoms with Gasteiger partial charge in [-0.25, -0.2) is 0 Å². The number of hydrogen-bond donors (Lipinski definition) is 0. The van der Waals surface area contributed by atoms with Crippen molar-refractivity contribution >= 4 is 60.9 Å². The monoisotopic (exact) mass is 541 g/mol. The first-order chi connectivity index (χ1) is 20.6. The summed E-state index contributed by atoms with van der Waals surface area (Å²) in [5.41, 5.74) is 11.9. The molecule has 0 saturated heterocycles. The summed E-state index contributed by atoms with van der Waals surface area (Å²) in [5, 5.41) is 4.53. The van der Waals surface area contributed by atoms with E-state index in [0.717, 1.165) is 60.9 Å². The number of furan rings is 2. The van der Waals surface area contributed by atoms with Gasteiger partial charge in [0.25, 0.3) is 0 Å². The molecular formula is C39H27NO2. The number of nitrogens with zero attached hydrogens (tertiary/aromatic N) is 1. The summed E-state index contributed by atoms with van der Waals surface area (Å²) in [6.45, 7) is 4.65. The second kappa shape index (κ2) is 8.37. The Balaban J connectivity index is 1.39. The highest BCUT2D eigenvalue weighted by Gasteiger charge is 2.39. The third-order valence-electron chi connectivity index (χ3n) is 9.05. The lowest BCUT2D eigenvalue weighted by molar-refractivity contribution is 0.647. The average Bonchev–Trinajstić information content (AvgIpc) is 3.65. The zero-order valence-corrected chi connectivity index (χ0v) is 23.4. The zero-order chi connectivity index (χ0) is 28.0. The maximum Gasteiger partial charge on any atom is 0.137 e. The average molecular weight is 542 g/mol. The SMILES string of the molecule is CC1(C)c2cc3oc4ccccc4c3cc2-c2c(N(c3ccccc3)c3cccc4oc5ccccc5c34)cccc21. The van der Waals surface area contributed by atoms with Crippen molar-refractivity contribution in [2.24, 2.45) is 0 Å². The minimum absolute atomic E-state index is 0.190. The maximum absolute atomic E-state index is 6.35. The minimum Gasteiger partial charge on any atom is -0.456 e. The number of benzene rings is 6. The standard InChI is InChI=1S/C39H27NO2/c1-39(2)29-16-10-17-31(37(29)28-22-27-25-14-6-8-19-33(25)42-36(27)23-30(28)39)40(24-12-4-3-5-13-24)32-18-11-21-35-38(32)26-15-7-9-20-34(26)41-35/h3-23H,1-2H3. The molecule has 0 radical (unpaired) electrons. The van der Waals surface area contributed by atoms with E-state index in [2.05, 4.69) is 128 Å². The van der Waals surface area contributed by atoms with Crippen LogP contribution in [0.1, 0.15) is 25.0 Å². The van der Waals surface area contributed by atoms with Crippen molar-refractivity contribution in [3.05, 3.63) is 139 Å². The fraction of sp³-hybridized carbons (Fsp3) is 0.0769. The van der Waals surface area contributed by atoms with Crippen LogP contribution < -0.4 is 4.90 Å². The van der Waals surface area contributed by atoms with Crippen LogP contribution in [0, 0.1) is 0 Å². The van der Waals surface area contributed by atoms with Gasteiger partial charge in [-0.3, -0.25) is 0 Å². The summed E-state index contributed by atoms with van der Waals surface area (Å²) < 4.78 is 12.7. The molecule has 0 atom stereocenters. The van der Waals surface area contributed by atoms with Gasteiger partial charge in [0.2, 0.25) is 0 Å². The van der Waals surface area contributed by atoms with Gasteiger partial charge in [-0.05, 0) is 71.3 Å². The van der Waals surface area contributed by atoms with Gasteiger partial charge in [0.05, 0.1) is 16.8 Å². The fourth-order valence-corrected chi connectivity index (χ4v) is 7.10. The van der Waals surface area contributed by atoms with E-state index in [4.69, 9.17) is 8.83 Å². The number of rotatable bonds is 3. The van der Waals surface area contributed by atoms with Crippen molar-refractivity contribution in [2.45, 2.75) is 19.3 Å². The molecular weight excluding hydrogens is 514 g/mol. The van der Waals surface area contributed by atoms with Crippen molar-refractivity contribution in [3.8, 4) is 11.1 Å². The molecule has 42 heavy (non-hydrogen) atoms. The van der Waals surface area contributed by atoms with Crippen LogP contribution >= 0.6 is 0 Å². The van der Waals surface area contributed by atoms with Gasteiger partial charge in [-0.2, -0.15) is 0 Å². The quantitative estimate of drug-likeness (QED) is 0.223. The summed E-state index contributed by atoms with van der Waals surface area (Å²) >= 11 is 0. The second-order valence-corrected chi connectivity index (χ2v) is 11.7. The van der Waals surface area contributed by atoms with E-state index in [9.17, 15) is 0 Å². The van der Waals surface area contributed by atoms with E-state index in [-0.39, 0.29) is 5.41 Å². The molecule has 9 rings (SSSR count). The normalized spacial score (nSPS) is 13.7. The predicted octanol–water partition coefficient (Wildman–Crippen LogP) is 11.3. The van der Waals surface area contributed by atoms with E-state index in [1.165, 1.54) is 22.3 Å². The van der Waals surface area contributed by atoms with Gasteiger partial charge < -0.3 is 13.7 Å². The van der Waals surface area contributed by atoms with Crippen LogP contribution in [0.3, 0.4) is 0 Å². The molecule has 3 nitrogen and oxygen atoms in total. The summed E-state index contributed by atoms with van der Waals surface area (Å²) in [6.07, 6.45) is 0. The number of fused-ring (bicyclic) bond motifs is 9. The van der Waals surface area contributed by atoms with Crippen LogP contribution in [0.2, 0.25) is 0 Å². The van der Waals surface area contributed by atoms with Gasteiger partial charge in [-0.15, -0.1) is 0 Å². The van der Waals surface area contributed by atoms with Crippen molar-refractivity contribution in [1.29, 1.82) is 0 Å². The topological polar surface area (TPSA) is 29.5 Å². The molecule has 1 aliphatic carbocycles. The molecule has 3 heteroatoms. The van der Waals surface area contributed by atoms with Crippen molar-refractivity contribution < 1.29 is 8.83 Å². The molecule has 0 fully saturated rings. The maximum atomic E-state index is 6.35. The van der Waals surface area contributed by atoms with E-state index in [0.29, 0.717) is 0 Å². The summed E-state index contributed by atoms with van der Waals surface area (Å²) in [6, 6.07) is 45.1. The fourth-order valence-electron chi connectivity index (χ4n) is 7.10. The molecule has 2 heterocycles. The molecule has 0 bridgehead atoms. The highest BCUT2D eigenvalue weighted by atomic mass is 16.3. The molecule has 0 unspecified atom stereocenters.